The van der Waals surface area contributed by atoms with Gasteiger partial charge in [-0.15, -0.1) is 0 Å². The van der Waals surface area contributed by atoms with Gasteiger partial charge in [0, 0.05) is 5.69 Å². The van der Waals surface area contributed by atoms with Crippen LogP contribution in [-0.4, -0.2) is 25.6 Å². The molecule has 0 bridgehead atoms. The number of nitrogens with one attached hydrogen (secondary N) is 1. The van der Waals surface area contributed by atoms with Gasteiger partial charge in [0.25, 0.3) is 5.91 Å². The van der Waals surface area contributed by atoms with Crippen LogP contribution in [-0.2, 0) is 9.53 Å². The lowest BCUT2D eigenvalue weighted by atomic mass is 10.1. The maximum absolute atomic E-state index is 12.1. The summed E-state index contributed by atoms with van der Waals surface area (Å²) >= 11 is 3.49. The summed E-state index contributed by atoms with van der Waals surface area (Å²) in [5.41, 5.74) is 3.14. The second-order valence-electron chi connectivity index (χ2n) is 5.92. The normalized spacial score (nSPS) is 10.2. The molecule has 0 aromatic heterocycles. The molecule has 3 aromatic rings. The Kier molecular flexibility index (Phi) is 6.45. The van der Waals surface area contributed by atoms with Crippen LogP contribution in [0.25, 0.3) is 11.1 Å². The maximum Gasteiger partial charge on any atom is 0.337 e. The van der Waals surface area contributed by atoms with Gasteiger partial charge in [-0.2, -0.15) is 0 Å². The molecule has 3 aromatic carbocycles. The van der Waals surface area contributed by atoms with Crippen molar-refractivity contribution in [1.29, 1.82) is 0 Å². The topological polar surface area (TPSA) is 64.6 Å². The summed E-state index contributed by atoms with van der Waals surface area (Å²) in [7, 11) is 1.32. The van der Waals surface area contributed by atoms with Crippen LogP contribution in [0.4, 0.5) is 5.69 Å². The van der Waals surface area contributed by atoms with Crippen LogP contribution >= 0.6 is 15.9 Å². The number of hydrogen-bond donors (Lipinski definition) is 1. The average Bonchev–Trinajstić information content (AvgIpc) is 2.73. The van der Waals surface area contributed by atoms with E-state index in [1.165, 1.54) is 7.11 Å². The molecule has 5 nitrogen and oxygen atoms in total. The van der Waals surface area contributed by atoms with E-state index < -0.39 is 5.97 Å². The van der Waals surface area contributed by atoms with Gasteiger partial charge < -0.3 is 14.8 Å². The van der Waals surface area contributed by atoms with Crippen molar-refractivity contribution in [2.45, 2.75) is 0 Å². The third-order valence-electron chi connectivity index (χ3n) is 3.99. The first-order valence-electron chi connectivity index (χ1n) is 8.53. The molecule has 0 aliphatic rings. The Morgan fingerprint density at radius 1 is 0.929 bits per heavy atom. The lowest BCUT2D eigenvalue weighted by Crippen LogP contribution is -2.20. The van der Waals surface area contributed by atoms with Crippen LogP contribution in [0.1, 0.15) is 10.4 Å². The summed E-state index contributed by atoms with van der Waals surface area (Å²) in [6.45, 7) is -0.137. The predicted octanol–water partition coefficient (Wildman–Crippen LogP) is 4.92. The van der Waals surface area contributed by atoms with Crippen LogP contribution < -0.4 is 10.1 Å². The van der Waals surface area contributed by atoms with Crippen LogP contribution in [0.3, 0.4) is 0 Å². The van der Waals surface area contributed by atoms with Crippen molar-refractivity contribution in [2.75, 3.05) is 19.0 Å². The van der Waals surface area contributed by atoms with Crippen molar-refractivity contribution < 1.29 is 19.1 Å². The van der Waals surface area contributed by atoms with Gasteiger partial charge >= 0.3 is 5.97 Å². The van der Waals surface area contributed by atoms with E-state index in [1.54, 1.807) is 24.3 Å². The van der Waals surface area contributed by atoms with Gasteiger partial charge in [0.2, 0.25) is 0 Å². The Bertz CT molecular complexity index is 972. The Balaban J connectivity index is 1.58. The maximum atomic E-state index is 12.1. The minimum Gasteiger partial charge on any atom is -0.483 e. The number of rotatable bonds is 6. The van der Waals surface area contributed by atoms with Gasteiger partial charge in [-0.1, -0.05) is 36.4 Å². The summed E-state index contributed by atoms with van der Waals surface area (Å²) in [5, 5.41) is 2.72. The molecule has 3 rings (SSSR count). The zero-order valence-electron chi connectivity index (χ0n) is 15.1. The van der Waals surface area contributed by atoms with E-state index >= 15 is 0 Å². The number of carbonyl (C=O) groups excluding carboxylic acids is 2. The van der Waals surface area contributed by atoms with E-state index in [2.05, 4.69) is 26.0 Å². The highest BCUT2D eigenvalue weighted by Gasteiger charge is 2.09. The monoisotopic (exact) mass is 439 g/mol. The first-order valence-corrected chi connectivity index (χ1v) is 9.32. The molecule has 142 valence electrons. The number of ether oxygens (including phenoxy) is 2. The van der Waals surface area contributed by atoms with Gasteiger partial charge in [-0.25, -0.2) is 4.79 Å². The Hall–Kier alpha value is -3.12. The number of benzene rings is 3. The van der Waals surface area contributed by atoms with E-state index in [1.807, 2.05) is 48.5 Å². The van der Waals surface area contributed by atoms with Gasteiger partial charge in [0.05, 0.1) is 17.1 Å². The van der Waals surface area contributed by atoms with E-state index in [-0.39, 0.29) is 12.5 Å². The number of anilines is 1. The molecule has 28 heavy (non-hydrogen) atoms. The number of esters is 1. The van der Waals surface area contributed by atoms with E-state index in [0.717, 1.165) is 15.6 Å². The Morgan fingerprint density at radius 2 is 1.64 bits per heavy atom. The largest absolute Gasteiger partial charge is 0.483 e. The highest BCUT2D eigenvalue weighted by atomic mass is 79.9. The van der Waals surface area contributed by atoms with Crippen molar-refractivity contribution >= 4 is 33.5 Å². The summed E-state index contributed by atoms with van der Waals surface area (Å²) in [6.07, 6.45) is 0. The van der Waals surface area contributed by atoms with Crippen LogP contribution in [0.15, 0.2) is 77.3 Å². The molecule has 0 saturated heterocycles. The fraction of sp³-hybridized carbons (Fsp3) is 0.0909. The van der Waals surface area contributed by atoms with Gasteiger partial charge in [0.1, 0.15) is 5.75 Å². The summed E-state index contributed by atoms with van der Waals surface area (Å²) in [4.78, 5) is 23.5. The Morgan fingerprint density at radius 3 is 2.29 bits per heavy atom. The number of halogens is 1. The zero-order chi connectivity index (χ0) is 19.9. The molecular weight excluding hydrogens is 422 g/mol. The highest BCUT2D eigenvalue weighted by molar-refractivity contribution is 9.10. The molecule has 0 heterocycles. The van der Waals surface area contributed by atoms with E-state index in [4.69, 9.17) is 4.74 Å². The van der Waals surface area contributed by atoms with Crippen molar-refractivity contribution in [2.24, 2.45) is 0 Å². The number of amides is 1. The molecule has 1 N–H and O–H groups in total. The lowest BCUT2D eigenvalue weighted by molar-refractivity contribution is -0.118. The fourth-order valence-corrected chi connectivity index (χ4v) is 3.07. The molecule has 0 radical (unpaired) electrons. The molecule has 0 aliphatic carbocycles. The standard InChI is InChI=1S/C22H18BrNO4/c1-27-22(26)16-7-10-18(11-8-16)24-21(25)14-28-20-12-9-17(13-19(20)23)15-5-3-2-4-6-15/h2-13H,14H2,1H3,(H,24,25). The molecule has 0 aliphatic heterocycles. The summed E-state index contributed by atoms with van der Waals surface area (Å²) in [5.74, 6) is -0.147. The minimum absolute atomic E-state index is 0.137. The predicted molar refractivity (Wildman–Crippen MR) is 111 cm³/mol. The summed E-state index contributed by atoms with van der Waals surface area (Å²) in [6, 6.07) is 22.1. The molecule has 0 spiro atoms. The van der Waals surface area contributed by atoms with Gasteiger partial charge in [-0.05, 0) is 63.5 Å². The van der Waals surface area contributed by atoms with Crippen molar-refractivity contribution in [3.05, 3.63) is 82.8 Å². The highest BCUT2D eigenvalue weighted by Crippen LogP contribution is 2.30. The van der Waals surface area contributed by atoms with Crippen LogP contribution in [0.5, 0.6) is 5.75 Å². The zero-order valence-corrected chi connectivity index (χ0v) is 16.7. The van der Waals surface area contributed by atoms with E-state index in [9.17, 15) is 9.59 Å². The average molecular weight is 440 g/mol. The van der Waals surface area contributed by atoms with Gasteiger partial charge in [0.15, 0.2) is 6.61 Å². The molecule has 0 atom stereocenters. The number of carbonyl (C=O) groups is 2. The first-order chi connectivity index (χ1) is 13.6. The molecular formula is C22H18BrNO4. The molecule has 0 saturated carbocycles. The SMILES string of the molecule is COC(=O)c1ccc(NC(=O)COc2ccc(-c3ccccc3)cc2Br)cc1. The van der Waals surface area contributed by atoms with Crippen molar-refractivity contribution in [1.82, 2.24) is 0 Å². The second-order valence-corrected chi connectivity index (χ2v) is 6.77. The minimum atomic E-state index is -0.426. The van der Waals surface area contributed by atoms with E-state index in [0.29, 0.717) is 17.0 Å². The van der Waals surface area contributed by atoms with Crippen molar-refractivity contribution in [3.8, 4) is 16.9 Å². The quantitative estimate of drug-likeness (QED) is 0.553. The smallest absolute Gasteiger partial charge is 0.337 e. The molecule has 1 amide bonds. The Labute approximate surface area is 171 Å². The fourth-order valence-electron chi connectivity index (χ4n) is 2.58. The number of hydrogen-bond acceptors (Lipinski definition) is 4. The summed E-state index contributed by atoms with van der Waals surface area (Å²) < 4.78 is 11.0. The second kappa shape index (κ2) is 9.19. The third-order valence-corrected chi connectivity index (χ3v) is 4.61. The molecule has 6 heteroatoms. The molecule has 0 fully saturated rings. The van der Waals surface area contributed by atoms with Crippen LogP contribution in [0, 0.1) is 0 Å². The molecule has 0 unspecified atom stereocenters. The third kappa shape index (κ3) is 4.98. The number of methoxy groups -OCH3 is 1. The van der Waals surface area contributed by atoms with Crippen LogP contribution in [0.2, 0.25) is 0 Å². The van der Waals surface area contributed by atoms with Gasteiger partial charge in [-0.3, -0.25) is 4.79 Å². The van der Waals surface area contributed by atoms with Crippen molar-refractivity contribution in [3.63, 3.8) is 0 Å². The first kappa shape index (κ1) is 19.6. The lowest BCUT2D eigenvalue weighted by Gasteiger charge is -2.11.